The molecule has 1 saturated heterocycles. The molecule has 5 atom stereocenters. The summed E-state index contributed by atoms with van der Waals surface area (Å²) in [7, 11) is 1.36. The van der Waals surface area contributed by atoms with E-state index in [2.05, 4.69) is 5.92 Å². The highest BCUT2D eigenvalue weighted by atomic mass is 16.7. The van der Waals surface area contributed by atoms with Gasteiger partial charge in [0.1, 0.15) is 31.0 Å². The minimum Gasteiger partial charge on any atom is -0.394 e. The van der Waals surface area contributed by atoms with E-state index in [1.165, 1.54) is 7.11 Å². The van der Waals surface area contributed by atoms with Crippen molar-refractivity contribution in [1.29, 1.82) is 0 Å². The van der Waals surface area contributed by atoms with Crippen LogP contribution in [0.25, 0.3) is 0 Å². The van der Waals surface area contributed by atoms with Crippen LogP contribution in [0.1, 0.15) is 0 Å². The van der Waals surface area contributed by atoms with Crippen LogP contribution in [-0.2, 0) is 14.2 Å². The Balaban J connectivity index is 2.70. The summed E-state index contributed by atoms with van der Waals surface area (Å²) in [4.78, 5) is 0. The lowest BCUT2D eigenvalue weighted by molar-refractivity contribution is -0.302. The summed E-state index contributed by atoms with van der Waals surface area (Å²) in [6, 6.07) is 0. The van der Waals surface area contributed by atoms with Crippen LogP contribution >= 0.6 is 0 Å². The first-order chi connectivity index (χ1) is 7.65. The molecule has 1 fully saturated rings. The number of hydrogen-bond acceptors (Lipinski definition) is 6. The third-order valence-electron chi connectivity index (χ3n) is 2.43. The fourth-order valence-corrected chi connectivity index (χ4v) is 1.57. The van der Waals surface area contributed by atoms with E-state index in [0.29, 0.717) is 0 Å². The Morgan fingerprint density at radius 3 is 2.56 bits per heavy atom. The Morgan fingerprint density at radius 2 is 2.06 bits per heavy atom. The van der Waals surface area contributed by atoms with Gasteiger partial charge < -0.3 is 29.5 Å². The first-order valence-electron chi connectivity index (χ1n) is 4.86. The highest BCUT2D eigenvalue weighted by Gasteiger charge is 2.45. The van der Waals surface area contributed by atoms with Gasteiger partial charge in [-0.25, -0.2) is 0 Å². The zero-order chi connectivity index (χ0) is 12.1. The summed E-state index contributed by atoms with van der Waals surface area (Å²) in [6.45, 7) is -0.434. The zero-order valence-electron chi connectivity index (χ0n) is 8.94. The van der Waals surface area contributed by atoms with Crippen LogP contribution < -0.4 is 0 Å². The van der Waals surface area contributed by atoms with Crippen molar-refractivity contribution in [2.75, 3.05) is 20.3 Å². The monoisotopic (exact) mass is 232 g/mol. The Labute approximate surface area is 93.7 Å². The van der Waals surface area contributed by atoms with E-state index in [-0.39, 0.29) is 6.61 Å². The maximum Gasteiger partial charge on any atom is 0.188 e. The molecule has 0 spiro atoms. The van der Waals surface area contributed by atoms with Gasteiger partial charge in [0.05, 0.1) is 6.61 Å². The van der Waals surface area contributed by atoms with Gasteiger partial charge in [0, 0.05) is 7.11 Å². The highest BCUT2D eigenvalue weighted by molar-refractivity contribution is 4.91. The standard InChI is InChI=1S/C10H16O6/c1-3-4-15-10-9(14-2)8(13)7(12)6(5-11)16-10/h1,6-13H,4-5H2,2H3. The molecule has 0 radical (unpaired) electrons. The second-order valence-corrected chi connectivity index (χ2v) is 3.42. The highest BCUT2D eigenvalue weighted by Crippen LogP contribution is 2.23. The molecule has 0 aromatic rings. The fourth-order valence-electron chi connectivity index (χ4n) is 1.57. The molecule has 5 unspecified atom stereocenters. The molecule has 16 heavy (non-hydrogen) atoms. The number of methoxy groups -OCH3 is 1. The predicted molar refractivity (Wildman–Crippen MR) is 53.3 cm³/mol. The number of terminal acetylenes is 1. The quantitative estimate of drug-likeness (QED) is 0.490. The molecule has 0 aromatic carbocycles. The average Bonchev–Trinajstić information content (AvgIpc) is 2.30. The molecule has 0 aromatic heterocycles. The van der Waals surface area contributed by atoms with Gasteiger partial charge in [-0.3, -0.25) is 0 Å². The van der Waals surface area contributed by atoms with Crippen LogP contribution in [0.3, 0.4) is 0 Å². The Kier molecular flexibility index (Phi) is 5.15. The molecule has 1 aliphatic heterocycles. The summed E-state index contributed by atoms with van der Waals surface area (Å²) in [5, 5.41) is 28.2. The van der Waals surface area contributed by atoms with E-state index in [4.69, 9.17) is 25.7 Å². The van der Waals surface area contributed by atoms with Gasteiger partial charge in [0.15, 0.2) is 6.29 Å². The predicted octanol–water partition coefficient (Wildman–Crippen LogP) is -1.91. The van der Waals surface area contributed by atoms with E-state index in [1.807, 2.05) is 0 Å². The molecule has 6 nitrogen and oxygen atoms in total. The van der Waals surface area contributed by atoms with Gasteiger partial charge >= 0.3 is 0 Å². The van der Waals surface area contributed by atoms with Crippen LogP contribution in [0.4, 0.5) is 0 Å². The molecule has 1 rings (SSSR count). The first kappa shape index (κ1) is 13.4. The molecule has 0 bridgehead atoms. The van der Waals surface area contributed by atoms with E-state index < -0.39 is 37.3 Å². The summed E-state index contributed by atoms with van der Waals surface area (Å²) in [5.41, 5.74) is 0. The van der Waals surface area contributed by atoms with Crippen molar-refractivity contribution in [3.63, 3.8) is 0 Å². The van der Waals surface area contributed by atoms with Crippen LogP contribution in [0, 0.1) is 12.3 Å². The lowest BCUT2D eigenvalue weighted by Crippen LogP contribution is -2.59. The molecule has 92 valence electrons. The third kappa shape index (κ3) is 2.71. The van der Waals surface area contributed by atoms with Gasteiger partial charge in [-0.2, -0.15) is 0 Å². The smallest absolute Gasteiger partial charge is 0.188 e. The van der Waals surface area contributed by atoms with E-state index in [9.17, 15) is 10.2 Å². The maximum absolute atomic E-state index is 9.71. The number of aliphatic hydroxyl groups is 3. The molecular weight excluding hydrogens is 216 g/mol. The number of ether oxygens (including phenoxy) is 3. The fraction of sp³-hybridized carbons (Fsp3) is 0.800. The van der Waals surface area contributed by atoms with Gasteiger partial charge in [-0.05, 0) is 0 Å². The minimum absolute atomic E-state index is 0.00844. The normalized spacial score (nSPS) is 39.3. The Morgan fingerprint density at radius 1 is 1.38 bits per heavy atom. The molecule has 0 amide bonds. The van der Waals surface area contributed by atoms with Gasteiger partial charge in [-0.15, -0.1) is 6.42 Å². The van der Waals surface area contributed by atoms with Gasteiger partial charge in [-0.1, -0.05) is 5.92 Å². The van der Waals surface area contributed by atoms with Crippen LogP contribution in [0.2, 0.25) is 0 Å². The van der Waals surface area contributed by atoms with E-state index >= 15 is 0 Å². The van der Waals surface area contributed by atoms with Gasteiger partial charge in [0.2, 0.25) is 0 Å². The SMILES string of the molecule is C#CCOC1OC(CO)C(O)C(O)C1OC. The second-order valence-electron chi connectivity index (χ2n) is 3.42. The topological polar surface area (TPSA) is 88.4 Å². The average molecular weight is 232 g/mol. The van der Waals surface area contributed by atoms with E-state index in [0.717, 1.165) is 0 Å². The molecule has 0 aliphatic carbocycles. The van der Waals surface area contributed by atoms with Crippen molar-refractivity contribution < 1.29 is 29.5 Å². The van der Waals surface area contributed by atoms with Crippen LogP contribution in [0.15, 0.2) is 0 Å². The summed E-state index contributed by atoms with van der Waals surface area (Å²) in [6.07, 6.45) is -0.0485. The third-order valence-corrected chi connectivity index (χ3v) is 2.43. The molecule has 0 saturated carbocycles. The first-order valence-corrected chi connectivity index (χ1v) is 4.86. The van der Waals surface area contributed by atoms with Crippen LogP contribution in [-0.4, -0.2) is 66.3 Å². The minimum atomic E-state index is -1.22. The molecule has 3 N–H and O–H groups in total. The van der Waals surface area contributed by atoms with E-state index in [1.54, 1.807) is 0 Å². The molecule has 1 aliphatic rings. The Hall–Kier alpha value is -0.680. The van der Waals surface area contributed by atoms with Crippen LogP contribution in [0.5, 0.6) is 0 Å². The zero-order valence-corrected chi connectivity index (χ0v) is 8.94. The van der Waals surface area contributed by atoms with Crippen molar-refractivity contribution in [2.45, 2.75) is 30.7 Å². The number of rotatable bonds is 4. The maximum atomic E-state index is 9.71. The molecular formula is C10H16O6. The molecule has 1 heterocycles. The number of aliphatic hydroxyl groups excluding tert-OH is 3. The lowest BCUT2D eigenvalue weighted by Gasteiger charge is -2.40. The Bertz CT molecular complexity index is 250. The van der Waals surface area contributed by atoms with Crippen molar-refractivity contribution in [3.8, 4) is 12.3 Å². The summed E-state index contributed by atoms with van der Waals surface area (Å²) >= 11 is 0. The summed E-state index contributed by atoms with van der Waals surface area (Å²) < 4.78 is 15.3. The largest absolute Gasteiger partial charge is 0.394 e. The van der Waals surface area contributed by atoms with Crippen molar-refractivity contribution in [2.24, 2.45) is 0 Å². The molecule has 6 heteroatoms. The second kappa shape index (κ2) is 6.15. The van der Waals surface area contributed by atoms with Gasteiger partial charge in [0.25, 0.3) is 0 Å². The van der Waals surface area contributed by atoms with Crippen molar-refractivity contribution in [1.82, 2.24) is 0 Å². The lowest BCUT2D eigenvalue weighted by atomic mass is 9.99. The van der Waals surface area contributed by atoms with Crippen molar-refractivity contribution >= 4 is 0 Å². The van der Waals surface area contributed by atoms with Crippen molar-refractivity contribution in [3.05, 3.63) is 0 Å². The summed E-state index contributed by atoms with van der Waals surface area (Å²) in [5.74, 6) is 2.25. The number of hydrogen-bond donors (Lipinski definition) is 3.